The Kier molecular flexibility index (Phi) is 2.87. The number of anilines is 1. The van der Waals surface area contributed by atoms with Gasteiger partial charge in [-0.25, -0.2) is 4.98 Å². The lowest BCUT2D eigenvalue weighted by atomic mass is 9.86. The van der Waals surface area contributed by atoms with Gasteiger partial charge in [-0.1, -0.05) is 0 Å². The maximum Gasteiger partial charge on any atom is 0.253 e. The number of carbonyl (C=O) groups excluding carboxylic acids is 1. The molecular weight excluding hydrogens is 266 g/mol. The standard InChI is InChI=1S/C15H17N5O/c21-15(11-6-10-2-4-16-14(10)17-9-11)19-12-7-13(8-12)20-5-1-3-18-20/h1,3,5-6,9,12-13H,2,4,7-8H2,(H,16,17)(H,19,21). The molecule has 6 heteroatoms. The van der Waals surface area contributed by atoms with Crippen LogP contribution < -0.4 is 10.6 Å². The third-order valence-electron chi connectivity index (χ3n) is 4.26. The van der Waals surface area contributed by atoms with Gasteiger partial charge in [-0.2, -0.15) is 5.10 Å². The van der Waals surface area contributed by atoms with Gasteiger partial charge >= 0.3 is 0 Å². The van der Waals surface area contributed by atoms with Crippen molar-refractivity contribution in [3.05, 3.63) is 41.9 Å². The largest absolute Gasteiger partial charge is 0.370 e. The third-order valence-corrected chi connectivity index (χ3v) is 4.26. The maximum atomic E-state index is 12.2. The molecule has 2 N–H and O–H groups in total. The Morgan fingerprint density at radius 2 is 2.33 bits per heavy atom. The van der Waals surface area contributed by atoms with E-state index in [0.29, 0.717) is 11.6 Å². The minimum Gasteiger partial charge on any atom is -0.370 e. The Hall–Kier alpha value is -2.37. The Morgan fingerprint density at radius 3 is 3.14 bits per heavy atom. The highest BCUT2D eigenvalue weighted by Crippen LogP contribution is 2.31. The fraction of sp³-hybridized carbons (Fsp3) is 0.400. The highest BCUT2D eigenvalue weighted by Gasteiger charge is 2.32. The van der Waals surface area contributed by atoms with Gasteiger partial charge in [0, 0.05) is 31.2 Å². The summed E-state index contributed by atoms with van der Waals surface area (Å²) >= 11 is 0. The molecule has 1 aliphatic heterocycles. The van der Waals surface area contributed by atoms with Crippen LogP contribution in [0.3, 0.4) is 0 Å². The van der Waals surface area contributed by atoms with Gasteiger partial charge in [-0.3, -0.25) is 9.48 Å². The molecule has 6 nitrogen and oxygen atoms in total. The Bertz CT molecular complexity index is 661. The van der Waals surface area contributed by atoms with Crippen molar-refractivity contribution in [2.75, 3.05) is 11.9 Å². The van der Waals surface area contributed by atoms with E-state index in [1.165, 1.54) is 0 Å². The van der Waals surface area contributed by atoms with Crippen molar-refractivity contribution in [3.8, 4) is 0 Å². The lowest BCUT2D eigenvalue weighted by Crippen LogP contribution is -2.45. The van der Waals surface area contributed by atoms with E-state index in [1.807, 2.05) is 23.0 Å². The number of fused-ring (bicyclic) bond motifs is 1. The summed E-state index contributed by atoms with van der Waals surface area (Å²) < 4.78 is 1.96. The van der Waals surface area contributed by atoms with Crippen molar-refractivity contribution in [2.45, 2.75) is 31.3 Å². The molecule has 1 fully saturated rings. The smallest absolute Gasteiger partial charge is 0.253 e. The summed E-state index contributed by atoms with van der Waals surface area (Å²) in [5, 5.41) is 10.5. The number of carbonyl (C=O) groups is 1. The molecule has 0 bridgehead atoms. The van der Waals surface area contributed by atoms with Crippen molar-refractivity contribution >= 4 is 11.7 Å². The highest BCUT2D eigenvalue weighted by molar-refractivity contribution is 5.94. The monoisotopic (exact) mass is 283 g/mol. The molecule has 1 saturated carbocycles. The predicted molar refractivity (Wildman–Crippen MR) is 78.2 cm³/mol. The SMILES string of the molecule is O=C(NC1CC(n2cccn2)C1)c1cnc2c(c1)CCN2. The van der Waals surface area contributed by atoms with Gasteiger partial charge in [0.2, 0.25) is 0 Å². The van der Waals surface area contributed by atoms with Crippen LogP contribution in [0.5, 0.6) is 0 Å². The molecule has 2 aromatic heterocycles. The van der Waals surface area contributed by atoms with Crippen LogP contribution in [0.4, 0.5) is 5.82 Å². The van der Waals surface area contributed by atoms with E-state index < -0.39 is 0 Å². The summed E-state index contributed by atoms with van der Waals surface area (Å²) in [6.07, 6.45) is 8.22. The highest BCUT2D eigenvalue weighted by atomic mass is 16.1. The Balaban J connectivity index is 1.37. The van der Waals surface area contributed by atoms with Crippen molar-refractivity contribution in [1.29, 1.82) is 0 Å². The van der Waals surface area contributed by atoms with Gasteiger partial charge in [-0.15, -0.1) is 0 Å². The number of amides is 1. The number of nitrogens with one attached hydrogen (secondary N) is 2. The zero-order chi connectivity index (χ0) is 14.2. The predicted octanol–water partition coefficient (Wildman–Crippen LogP) is 1.38. The molecular formula is C15H17N5O. The lowest BCUT2D eigenvalue weighted by molar-refractivity contribution is 0.0888. The Morgan fingerprint density at radius 1 is 1.43 bits per heavy atom. The zero-order valence-corrected chi connectivity index (χ0v) is 11.6. The first-order valence-electron chi connectivity index (χ1n) is 7.32. The molecule has 0 spiro atoms. The molecule has 2 aliphatic rings. The number of pyridine rings is 1. The van der Waals surface area contributed by atoms with E-state index in [-0.39, 0.29) is 11.9 Å². The molecule has 108 valence electrons. The maximum absolute atomic E-state index is 12.2. The van der Waals surface area contributed by atoms with Crippen molar-refractivity contribution < 1.29 is 4.79 Å². The van der Waals surface area contributed by atoms with Crippen LogP contribution in [0.25, 0.3) is 0 Å². The number of hydrogen-bond donors (Lipinski definition) is 2. The number of nitrogens with zero attached hydrogens (tertiary/aromatic N) is 3. The fourth-order valence-electron chi connectivity index (χ4n) is 2.99. The quantitative estimate of drug-likeness (QED) is 0.892. The fourth-order valence-corrected chi connectivity index (χ4v) is 2.99. The molecule has 0 unspecified atom stereocenters. The van der Waals surface area contributed by atoms with Gasteiger partial charge in [0.15, 0.2) is 0 Å². The molecule has 0 radical (unpaired) electrons. The molecule has 0 saturated heterocycles. The van der Waals surface area contributed by atoms with Crippen LogP contribution >= 0.6 is 0 Å². The van der Waals surface area contributed by atoms with E-state index in [2.05, 4.69) is 20.7 Å². The average Bonchev–Trinajstić information content (AvgIpc) is 3.11. The molecule has 2 aromatic rings. The molecule has 1 aliphatic carbocycles. The summed E-state index contributed by atoms with van der Waals surface area (Å²) in [6.45, 7) is 0.904. The molecule has 4 rings (SSSR count). The molecule has 21 heavy (non-hydrogen) atoms. The van der Waals surface area contributed by atoms with E-state index in [9.17, 15) is 4.79 Å². The van der Waals surface area contributed by atoms with Crippen molar-refractivity contribution in [3.63, 3.8) is 0 Å². The van der Waals surface area contributed by atoms with Crippen LogP contribution in [0, 0.1) is 0 Å². The van der Waals surface area contributed by atoms with Crippen LogP contribution in [0.1, 0.15) is 34.8 Å². The first kappa shape index (κ1) is 12.4. The number of hydrogen-bond acceptors (Lipinski definition) is 4. The first-order valence-corrected chi connectivity index (χ1v) is 7.32. The second-order valence-electron chi connectivity index (χ2n) is 5.69. The zero-order valence-electron chi connectivity index (χ0n) is 11.6. The summed E-state index contributed by atoms with van der Waals surface area (Å²) in [7, 11) is 0. The van der Waals surface area contributed by atoms with Crippen LogP contribution in [0.2, 0.25) is 0 Å². The summed E-state index contributed by atoms with van der Waals surface area (Å²) in [4.78, 5) is 16.5. The number of rotatable bonds is 3. The van der Waals surface area contributed by atoms with E-state index in [0.717, 1.165) is 37.2 Å². The van der Waals surface area contributed by atoms with Crippen molar-refractivity contribution in [1.82, 2.24) is 20.1 Å². The average molecular weight is 283 g/mol. The molecule has 0 atom stereocenters. The third kappa shape index (κ3) is 2.26. The van der Waals surface area contributed by atoms with Crippen LogP contribution in [-0.4, -0.2) is 33.3 Å². The van der Waals surface area contributed by atoms with Gasteiger partial charge in [0.05, 0.1) is 11.6 Å². The van der Waals surface area contributed by atoms with Gasteiger partial charge in [-0.05, 0) is 37.0 Å². The molecule has 1 amide bonds. The minimum atomic E-state index is -0.0267. The second-order valence-corrected chi connectivity index (χ2v) is 5.69. The summed E-state index contributed by atoms with van der Waals surface area (Å²) in [5.74, 6) is 0.884. The second kappa shape index (κ2) is 4.87. The summed E-state index contributed by atoms with van der Waals surface area (Å²) in [5.41, 5.74) is 1.78. The lowest BCUT2D eigenvalue weighted by Gasteiger charge is -2.35. The molecule has 3 heterocycles. The first-order chi connectivity index (χ1) is 10.3. The van der Waals surface area contributed by atoms with Gasteiger partial charge in [0.1, 0.15) is 5.82 Å². The van der Waals surface area contributed by atoms with E-state index in [1.54, 1.807) is 12.4 Å². The van der Waals surface area contributed by atoms with Crippen molar-refractivity contribution in [2.24, 2.45) is 0 Å². The van der Waals surface area contributed by atoms with E-state index >= 15 is 0 Å². The summed E-state index contributed by atoms with van der Waals surface area (Å²) in [6, 6.07) is 4.52. The minimum absolute atomic E-state index is 0.0267. The van der Waals surface area contributed by atoms with Crippen LogP contribution in [-0.2, 0) is 6.42 Å². The normalized spacial score (nSPS) is 23.0. The Labute approximate surface area is 122 Å². The van der Waals surface area contributed by atoms with Gasteiger partial charge < -0.3 is 10.6 Å². The van der Waals surface area contributed by atoms with E-state index in [4.69, 9.17) is 0 Å². The molecule has 0 aromatic carbocycles. The van der Waals surface area contributed by atoms with Gasteiger partial charge in [0.25, 0.3) is 5.91 Å². The van der Waals surface area contributed by atoms with Crippen LogP contribution in [0.15, 0.2) is 30.7 Å². The number of aromatic nitrogens is 3. The topological polar surface area (TPSA) is 71.8 Å².